The Morgan fingerprint density at radius 3 is 2.58 bits per heavy atom. The third-order valence-corrected chi connectivity index (χ3v) is 15.0. The quantitative estimate of drug-likeness (QED) is 0.174. The summed E-state index contributed by atoms with van der Waals surface area (Å²) in [5.41, 5.74) is 13.5. The first-order valence-corrected chi connectivity index (χ1v) is 23.1. The van der Waals surface area contributed by atoms with Crippen LogP contribution in [0.2, 0.25) is 0 Å². The van der Waals surface area contributed by atoms with Crippen LogP contribution in [0.25, 0.3) is 27.6 Å². The average molecular weight is 806 g/mol. The lowest BCUT2D eigenvalue weighted by Gasteiger charge is -2.34. The van der Waals surface area contributed by atoms with Crippen LogP contribution in [-0.2, 0) is 6.42 Å². The predicted molar refractivity (Wildman–Crippen MR) is 258 cm³/mol. The van der Waals surface area contributed by atoms with Crippen LogP contribution in [0.1, 0.15) is 66.7 Å². The lowest BCUT2D eigenvalue weighted by atomic mass is 9.77. The number of hydrogen-bond acceptors (Lipinski definition) is 5. The number of aliphatic imine (C=N–C) groups is 1. The first-order chi connectivity index (χ1) is 30.7. The van der Waals surface area contributed by atoms with Crippen molar-refractivity contribution in [1.82, 2.24) is 10.6 Å². The number of allylic oxidation sites excluding steroid dienone is 9. The molecule has 0 radical (unpaired) electrons. The average Bonchev–Trinajstić information content (AvgIpc) is 3.86. The Labute approximate surface area is 364 Å². The largest absolute Gasteiger partial charge is 0.351 e. The van der Waals surface area contributed by atoms with Crippen molar-refractivity contribution >= 4 is 50.5 Å². The normalized spacial score (nSPS) is 27.8. The maximum Gasteiger partial charge on any atom is 0.131 e. The zero-order valence-corrected chi connectivity index (χ0v) is 35.0. The Bertz CT molecular complexity index is 2970. The van der Waals surface area contributed by atoms with Crippen molar-refractivity contribution in [2.75, 3.05) is 9.80 Å². The minimum atomic E-state index is -0.0790. The van der Waals surface area contributed by atoms with Gasteiger partial charge in [-0.15, -0.1) is 0 Å². The third-order valence-electron chi connectivity index (χ3n) is 15.0. The van der Waals surface area contributed by atoms with Crippen molar-refractivity contribution in [3.63, 3.8) is 0 Å². The van der Waals surface area contributed by atoms with Crippen molar-refractivity contribution < 1.29 is 0 Å². The highest BCUT2D eigenvalue weighted by Crippen LogP contribution is 2.55. The van der Waals surface area contributed by atoms with Gasteiger partial charge in [-0.1, -0.05) is 140 Å². The van der Waals surface area contributed by atoms with E-state index in [1.807, 2.05) is 0 Å². The van der Waals surface area contributed by atoms with Gasteiger partial charge in [0.15, 0.2) is 0 Å². The Morgan fingerprint density at radius 2 is 1.65 bits per heavy atom. The van der Waals surface area contributed by atoms with Gasteiger partial charge in [0.05, 0.1) is 11.7 Å². The molecule has 0 aromatic heterocycles. The van der Waals surface area contributed by atoms with E-state index in [2.05, 4.69) is 190 Å². The van der Waals surface area contributed by atoms with Crippen LogP contribution in [-0.4, -0.2) is 30.3 Å². The van der Waals surface area contributed by atoms with Gasteiger partial charge >= 0.3 is 0 Å². The molecule has 1 saturated heterocycles. The highest BCUT2D eigenvalue weighted by atomic mass is 15.3. The minimum Gasteiger partial charge on any atom is -0.351 e. The molecule has 7 unspecified atom stereocenters. The molecule has 3 heterocycles. The topological polar surface area (TPSA) is 42.9 Å². The highest BCUT2D eigenvalue weighted by Gasteiger charge is 2.47. The van der Waals surface area contributed by atoms with Crippen molar-refractivity contribution in [1.29, 1.82) is 0 Å². The highest BCUT2D eigenvalue weighted by molar-refractivity contribution is 6.04. The molecule has 62 heavy (non-hydrogen) atoms. The van der Waals surface area contributed by atoms with Crippen LogP contribution in [0.4, 0.5) is 17.1 Å². The van der Waals surface area contributed by atoms with Crippen molar-refractivity contribution in [2.45, 2.75) is 75.3 Å². The molecule has 0 spiro atoms. The number of fused-ring (bicyclic) bond motifs is 10. The molecule has 0 bridgehead atoms. The Balaban J connectivity index is 0.886. The summed E-state index contributed by atoms with van der Waals surface area (Å²) in [5, 5.41) is 12.8. The Hall–Kier alpha value is -6.43. The maximum absolute atomic E-state index is 5.30. The number of benzene rings is 5. The molecular weight excluding hydrogens is 755 g/mol. The van der Waals surface area contributed by atoms with Crippen LogP contribution < -0.4 is 20.4 Å². The fourth-order valence-electron chi connectivity index (χ4n) is 12.1. The zero-order chi connectivity index (χ0) is 40.7. The van der Waals surface area contributed by atoms with Gasteiger partial charge in [0.2, 0.25) is 0 Å². The van der Waals surface area contributed by atoms with Gasteiger partial charge < -0.3 is 15.1 Å². The summed E-state index contributed by atoms with van der Waals surface area (Å²) >= 11 is 0. The van der Waals surface area contributed by atoms with E-state index in [9.17, 15) is 0 Å². The predicted octanol–water partition coefficient (Wildman–Crippen LogP) is 12.2. The summed E-state index contributed by atoms with van der Waals surface area (Å²) in [4.78, 5) is 10.7. The smallest absolute Gasteiger partial charge is 0.131 e. The fourth-order valence-corrected chi connectivity index (χ4v) is 12.1. The SMILES string of the molecule is C1=CCCC(C2NC(c3ccc4cc(N5C6=Cc7c(cccc7N7c8c(ccc9ccccc89)C8C=CC=CC87)CC6C6C=CCCC65)ccc4c3)=NC(C3=CCCC=C3)N2)=C1. The van der Waals surface area contributed by atoms with E-state index in [1.165, 1.54) is 78.6 Å². The first kappa shape index (κ1) is 36.2. The van der Waals surface area contributed by atoms with Crippen LogP contribution in [0.3, 0.4) is 0 Å². The summed E-state index contributed by atoms with van der Waals surface area (Å²) in [6, 6.07) is 35.5. The van der Waals surface area contributed by atoms with Crippen molar-refractivity contribution in [2.24, 2.45) is 16.8 Å². The molecule has 5 aliphatic carbocycles. The summed E-state index contributed by atoms with van der Waals surface area (Å²) in [6.07, 6.45) is 38.1. The van der Waals surface area contributed by atoms with Crippen molar-refractivity contribution in [3.05, 3.63) is 203 Å². The number of hydrogen-bond donors (Lipinski definition) is 2. The van der Waals surface area contributed by atoms with E-state index in [1.54, 1.807) is 0 Å². The van der Waals surface area contributed by atoms with Gasteiger partial charge in [0, 0.05) is 57.4 Å². The second-order valence-corrected chi connectivity index (χ2v) is 18.4. The van der Waals surface area contributed by atoms with E-state index in [0.29, 0.717) is 23.8 Å². The molecule has 7 atom stereocenters. The molecule has 304 valence electrons. The number of anilines is 3. The van der Waals surface area contributed by atoms with Crippen LogP contribution in [0, 0.1) is 11.8 Å². The Kier molecular flexibility index (Phi) is 8.53. The summed E-state index contributed by atoms with van der Waals surface area (Å²) in [7, 11) is 0. The molecule has 13 rings (SSSR count). The van der Waals surface area contributed by atoms with E-state index in [0.717, 1.165) is 49.9 Å². The van der Waals surface area contributed by atoms with E-state index >= 15 is 0 Å². The van der Waals surface area contributed by atoms with Gasteiger partial charge in [-0.05, 0) is 114 Å². The number of rotatable bonds is 5. The van der Waals surface area contributed by atoms with Crippen LogP contribution in [0.5, 0.6) is 0 Å². The number of nitrogens with one attached hydrogen (secondary N) is 2. The molecule has 1 fully saturated rings. The van der Waals surface area contributed by atoms with Gasteiger partial charge in [-0.2, -0.15) is 0 Å². The van der Waals surface area contributed by atoms with Crippen LogP contribution >= 0.6 is 0 Å². The van der Waals surface area contributed by atoms with Gasteiger partial charge in [0.25, 0.3) is 0 Å². The molecule has 0 saturated carbocycles. The minimum absolute atomic E-state index is 0.0405. The van der Waals surface area contributed by atoms with Crippen molar-refractivity contribution in [3.8, 4) is 0 Å². The summed E-state index contributed by atoms with van der Waals surface area (Å²) < 4.78 is 0. The van der Waals surface area contributed by atoms with Gasteiger partial charge in [0.1, 0.15) is 18.2 Å². The van der Waals surface area contributed by atoms with Crippen LogP contribution in [0.15, 0.2) is 186 Å². The maximum atomic E-state index is 5.30. The summed E-state index contributed by atoms with van der Waals surface area (Å²) in [5.74, 6) is 2.22. The zero-order valence-electron chi connectivity index (χ0n) is 35.0. The molecule has 3 aliphatic heterocycles. The first-order valence-electron chi connectivity index (χ1n) is 23.1. The van der Waals surface area contributed by atoms with E-state index < -0.39 is 0 Å². The number of amidine groups is 1. The summed E-state index contributed by atoms with van der Waals surface area (Å²) in [6.45, 7) is 0. The molecule has 8 aliphatic rings. The lowest BCUT2D eigenvalue weighted by molar-refractivity contribution is 0.421. The van der Waals surface area contributed by atoms with Gasteiger partial charge in [-0.25, -0.2) is 4.99 Å². The second kappa shape index (κ2) is 14.6. The molecule has 2 N–H and O–H groups in total. The molecule has 5 heteroatoms. The fraction of sp³-hybridized carbons (Fsp3) is 0.246. The molecule has 5 aromatic carbocycles. The molecule has 0 amide bonds. The third kappa shape index (κ3) is 5.81. The second-order valence-electron chi connectivity index (χ2n) is 18.4. The molecular formula is C57H51N5. The molecule has 5 nitrogen and oxygen atoms in total. The molecule has 5 aromatic rings. The standard InChI is InChI=1S/C57H51N5/c1-3-15-37(16-4-1)55-58-56(38-17-5-2-6-18-38)60-57(59-55)42-27-26-40-33-43(30-28-39(40)32-42)61-50-23-11-10-22-46(50)49-34-41-19-13-25-52(48(41)35-53(49)61)62-51-24-12-9-21-45(51)47-31-29-36-14-7-8-20-44(36)54(47)62/h1,3,5,7-10,12-15,17-22,24-33,35,45-46,49-51,55-56,58H,2,4,6,11,16,23,34H2,(H,59,60). The monoisotopic (exact) mass is 805 g/mol. The van der Waals surface area contributed by atoms with Gasteiger partial charge in [-0.3, -0.25) is 5.32 Å². The van der Waals surface area contributed by atoms with E-state index in [-0.39, 0.29) is 18.4 Å². The number of nitrogens with zero attached hydrogens (tertiary/aromatic N) is 3. The van der Waals surface area contributed by atoms with E-state index in [4.69, 9.17) is 4.99 Å². The Morgan fingerprint density at radius 1 is 0.726 bits per heavy atom. The lowest BCUT2D eigenvalue weighted by Crippen LogP contribution is -2.55.